The first kappa shape index (κ1) is 18.8. The summed E-state index contributed by atoms with van der Waals surface area (Å²) in [5.74, 6) is 1.80. The van der Waals surface area contributed by atoms with Crippen LogP contribution in [0.2, 0.25) is 0 Å². The molecule has 7 nitrogen and oxygen atoms in total. The smallest absolute Gasteiger partial charge is 0.227 e. The third kappa shape index (κ3) is 4.61. The summed E-state index contributed by atoms with van der Waals surface area (Å²) < 4.78 is 7.04. The zero-order valence-electron chi connectivity index (χ0n) is 16.1. The first-order chi connectivity index (χ1) is 12.9. The van der Waals surface area contributed by atoms with Gasteiger partial charge in [0.2, 0.25) is 11.8 Å². The third-order valence-corrected chi connectivity index (χ3v) is 4.42. The fourth-order valence-corrected chi connectivity index (χ4v) is 2.71. The van der Waals surface area contributed by atoms with E-state index in [0.717, 1.165) is 11.1 Å². The van der Waals surface area contributed by atoms with Crippen LogP contribution in [0.25, 0.3) is 0 Å². The van der Waals surface area contributed by atoms with Crippen molar-refractivity contribution in [1.29, 1.82) is 0 Å². The molecule has 3 aromatic rings. The Morgan fingerprint density at radius 2 is 1.96 bits per heavy atom. The van der Waals surface area contributed by atoms with Gasteiger partial charge in [0, 0.05) is 30.5 Å². The van der Waals surface area contributed by atoms with Crippen LogP contribution in [0.3, 0.4) is 0 Å². The molecule has 3 rings (SSSR count). The number of hydrogen-bond acceptors (Lipinski definition) is 5. The van der Waals surface area contributed by atoms with Crippen LogP contribution in [0.1, 0.15) is 62.0 Å². The molecule has 142 valence electrons. The molecular formula is C20H25N5O2. The number of nitrogens with zero attached hydrogens (tertiary/aromatic N) is 4. The third-order valence-electron chi connectivity index (χ3n) is 4.42. The van der Waals surface area contributed by atoms with Crippen molar-refractivity contribution in [3.05, 3.63) is 59.4 Å². The van der Waals surface area contributed by atoms with Gasteiger partial charge < -0.3 is 9.84 Å². The van der Waals surface area contributed by atoms with Gasteiger partial charge in [0.15, 0.2) is 11.6 Å². The van der Waals surface area contributed by atoms with E-state index < -0.39 is 0 Å². The Bertz CT molecular complexity index is 898. The van der Waals surface area contributed by atoms with Crippen LogP contribution < -0.4 is 5.32 Å². The largest absolute Gasteiger partial charge is 0.339 e. The second kappa shape index (κ2) is 8.16. The van der Waals surface area contributed by atoms with Crippen molar-refractivity contribution in [2.75, 3.05) is 5.32 Å². The molecule has 2 heterocycles. The average Bonchev–Trinajstić information content (AvgIpc) is 3.27. The van der Waals surface area contributed by atoms with Crippen LogP contribution in [0, 0.1) is 6.92 Å². The standard InChI is InChI=1S/C20H25N5O2/c1-13(2)19-22-18(27-24-19)11-10-17(26)21-20-14(3)12-25(23-20)15(4)16-8-6-5-7-9-16/h5-9,12-13,15H,10-11H2,1-4H3,(H,21,23,26)/t15-/m1/s1. The van der Waals surface area contributed by atoms with Crippen molar-refractivity contribution < 1.29 is 9.32 Å². The number of rotatable bonds is 7. The summed E-state index contributed by atoms with van der Waals surface area (Å²) in [6, 6.07) is 10.2. The normalized spacial score (nSPS) is 12.3. The van der Waals surface area contributed by atoms with Crippen molar-refractivity contribution in [1.82, 2.24) is 19.9 Å². The van der Waals surface area contributed by atoms with Gasteiger partial charge in [-0.15, -0.1) is 0 Å². The molecule has 0 aliphatic rings. The lowest BCUT2D eigenvalue weighted by Crippen LogP contribution is -2.14. The number of anilines is 1. The van der Waals surface area contributed by atoms with Crippen LogP contribution in [-0.2, 0) is 11.2 Å². The summed E-state index contributed by atoms with van der Waals surface area (Å²) >= 11 is 0. The molecule has 1 amide bonds. The Hall–Kier alpha value is -2.96. The van der Waals surface area contributed by atoms with Gasteiger partial charge in [0.1, 0.15) is 0 Å². The van der Waals surface area contributed by atoms with Crippen molar-refractivity contribution in [2.45, 2.75) is 52.5 Å². The average molecular weight is 367 g/mol. The van der Waals surface area contributed by atoms with Crippen LogP contribution in [0.15, 0.2) is 41.1 Å². The topological polar surface area (TPSA) is 85.8 Å². The molecule has 0 aliphatic heterocycles. The Labute approximate surface area is 158 Å². The molecule has 0 bridgehead atoms. The summed E-state index contributed by atoms with van der Waals surface area (Å²) in [4.78, 5) is 16.6. The first-order valence-electron chi connectivity index (χ1n) is 9.17. The van der Waals surface area contributed by atoms with Crippen molar-refractivity contribution in [3.63, 3.8) is 0 Å². The summed E-state index contributed by atoms with van der Waals surface area (Å²) in [5.41, 5.74) is 2.08. The van der Waals surface area contributed by atoms with E-state index in [9.17, 15) is 4.79 Å². The number of nitrogens with one attached hydrogen (secondary N) is 1. The Morgan fingerprint density at radius 3 is 2.63 bits per heavy atom. The minimum atomic E-state index is -0.125. The minimum Gasteiger partial charge on any atom is -0.339 e. The molecular weight excluding hydrogens is 342 g/mol. The highest BCUT2D eigenvalue weighted by atomic mass is 16.5. The Kier molecular flexibility index (Phi) is 5.69. The number of amides is 1. The predicted molar refractivity (Wildman–Crippen MR) is 103 cm³/mol. The fraction of sp³-hybridized carbons (Fsp3) is 0.400. The lowest BCUT2D eigenvalue weighted by Gasteiger charge is -2.12. The number of aromatic nitrogens is 4. The molecule has 0 saturated carbocycles. The van der Waals surface area contributed by atoms with Gasteiger partial charge >= 0.3 is 0 Å². The minimum absolute atomic E-state index is 0.0865. The molecule has 2 aromatic heterocycles. The van der Waals surface area contributed by atoms with Crippen LogP contribution in [0.4, 0.5) is 5.82 Å². The van der Waals surface area contributed by atoms with Gasteiger partial charge in [-0.3, -0.25) is 9.48 Å². The maximum absolute atomic E-state index is 12.3. The van der Waals surface area contributed by atoms with Crippen molar-refractivity contribution in [3.8, 4) is 0 Å². The molecule has 1 aromatic carbocycles. The zero-order valence-corrected chi connectivity index (χ0v) is 16.1. The fourth-order valence-electron chi connectivity index (χ4n) is 2.71. The summed E-state index contributed by atoms with van der Waals surface area (Å²) in [6.07, 6.45) is 2.62. The monoisotopic (exact) mass is 367 g/mol. The van der Waals surface area contributed by atoms with Crippen LogP contribution in [0.5, 0.6) is 0 Å². The van der Waals surface area contributed by atoms with Crippen molar-refractivity contribution in [2.24, 2.45) is 0 Å². The molecule has 0 fully saturated rings. The second-order valence-electron chi connectivity index (χ2n) is 6.98. The maximum Gasteiger partial charge on any atom is 0.227 e. The van der Waals surface area contributed by atoms with Crippen LogP contribution >= 0.6 is 0 Å². The SMILES string of the molecule is Cc1cn([C@H](C)c2ccccc2)nc1NC(=O)CCc1nc(C(C)C)no1. The molecule has 1 atom stereocenters. The van der Waals surface area contributed by atoms with E-state index in [0.29, 0.717) is 24.0 Å². The van der Waals surface area contributed by atoms with Gasteiger partial charge in [-0.1, -0.05) is 49.3 Å². The molecule has 1 N–H and O–H groups in total. The molecule has 7 heteroatoms. The number of aryl methyl sites for hydroxylation is 2. The highest BCUT2D eigenvalue weighted by molar-refractivity contribution is 5.90. The van der Waals surface area contributed by atoms with E-state index in [2.05, 4.69) is 39.6 Å². The maximum atomic E-state index is 12.3. The lowest BCUT2D eigenvalue weighted by atomic mass is 10.1. The van der Waals surface area contributed by atoms with Crippen molar-refractivity contribution >= 4 is 11.7 Å². The molecule has 0 aliphatic carbocycles. The van der Waals surface area contributed by atoms with E-state index in [1.54, 1.807) is 0 Å². The molecule has 0 unspecified atom stereocenters. The van der Waals surface area contributed by atoms with E-state index in [1.807, 2.05) is 49.8 Å². The molecule has 0 spiro atoms. The quantitative estimate of drug-likeness (QED) is 0.685. The van der Waals surface area contributed by atoms with Gasteiger partial charge in [0.25, 0.3) is 0 Å². The molecule has 0 radical (unpaired) electrons. The molecule has 27 heavy (non-hydrogen) atoms. The van der Waals surface area contributed by atoms with E-state index >= 15 is 0 Å². The first-order valence-corrected chi connectivity index (χ1v) is 9.17. The predicted octanol–water partition coefficient (Wildman–Crippen LogP) is 3.88. The summed E-state index contributed by atoms with van der Waals surface area (Å²) in [5, 5.41) is 11.3. The van der Waals surface area contributed by atoms with Gasteiger partial charge in [0.05, 0.1) is 6.04 Å². The summed E-state index contributed by atoms with van der Waals surface area (Å²) in [7, 11) is 0. The summed E-state index contributed by atoms with van der Waals surface area (Å²) in [6.45, 7) is 8.01. The lowest BCUT2D eigenvalue weighted by molar-refractivity contribution is -0.116. The highest BCUT2D eigenvalue weighted by Crippen LogP contribution is 2.21. The van der Waals surface area contributed by atoms with Gasteiger partial charge in [-0.25, -0.2) is 0 Å². The van der Waals surface area contributed by atoms with Gasteiger partial charge in [-0.05, 0) is 19.4 Å². The Morgan fingerprint density at radius 1 is 1.22 bits per heavy atom. The van der Waals surface area contributed by atoms with Gasteiger partial charge in [-0.2, -0.15) is 10.1 Å². The zero-order chi connectivity index (χ0) is 19.4. The van der Waals surface area contributed by atoms with E-state index in [-0.39, 0.29) is 24.3 Å². The number of benzene rings is 1. The number of carbonyl (C=O) groups is 1. The van der Waals surface area contributed by atoms with Crippen LogP contribution in [-0.4, -0.2) is 25.8 Å². The second-order valence-corrected chi connectivity index (χ2v) is 6.98. The van der Waals surface area contributed by atoms with E-state index in [4.69, 9.17) is 4.52 Å². The Balaban J connectivity index is 1.60. The number of hydrogen-bond donors (Lipinski definition) is 1. The highest BCUT2D eigenvalue weighted by Gasteiger charge is 2.15. The van der Waals surface area contributed by atoms with E-state index in [1.165, 1.54) is 0 Å². The molecule has 0 saturated heterocycles. The number of carbonyl (C=O) groups excluding carboxylic acids is 1.